The topological polar surface area (TPSA) is 92.2 Å². The molecule has 6 nitrogen and oxygen atoms in total. The molecular formula is C15H17N3O3. The lowest BCUT2D eigenvalue weighted by atomic mass is 9.99. The van der Waals surface area contributed by atoms with Crippen LogP contribution in [-0.4, -0.2) is 33.0 Å². The van der Waals surface area contributed by atoms with E-state index in [0.29, 0.717) is 23.0 Å². The molecule has 1 unspecified atom stereocenters. The summed E-state index contributed by atoms with van der Waals surface area (Å²) in [7, 11) is 0. The summed E-state index contributed by atoms with van der Waals surface area (Å²) in [5, 5.41) is 11.8. The second-order valence-electron chi connectivity index (χ2n) is 4.93. The largest absolute Gasteiger partial charge is 0.480 e. The van der Waals surface area contributed by atoms with Crippen LogP contribution >= 0.6 is 0 Å². The molecule has 110 valence electrons. The highest BCUT2D eigenvalue weighted by atomic mass is 16.4. The maximum atomic E-state index is 12.2. The average molecular weight is 287 g/mol. The van der Waals surface area contributed by atoms with Crippen molar-refractivity contribution >= 4 is 22.9 Å². The summed E-state index contributed by atoms with van der Waals surface area (Å²) in [5.74, 6) is -1.60. The SMILES string of the molecule is CCC(C)[C@H](NC(=O)c1ccc2nccnc2c1)C(=O)O. The number of nitrogens with zero attached hydrogens (tertiary/aromatic N) is 2. The molecule has 0 bridgehead atoms. The van der Waals surface area contributed by atoms with Crippen molar-refractivity contribution in [2.45, 2.75) is 26.3 Å². The molecule has 0 aliphatic heterocycles. The second-order valence-corrected chi connectivity index (χ2v) is 4.93. The Morgan fingerprint density at radius 2 is 1.90 bits per heavy atom. The lowest BCUT2D eigenvalue weighted by Gasteiger charge is -2.20. The number of carbonyl (C=O) groups excluding carboxylic acids is 1. The van der Waals surface area contributed by atoms with Crippen LogP contribution in [0.15, 0.2) is 30.6 Å². The van der Waals surface area contributed by atoms with Gasteiger partial charge in [0.1, 0.15) is 6.04 Å². The smallest absolute Gasteiger partial charge is 0.326 e. The van der Waals surface area contributed by atoms with Crippen molar-refractivity contribution in [1.82, 2.24) is 15.3 Å². The van der Waals surface area contributed by atoms with Gasteiger partial charge in [0.2, 0.25) is 0 Å². The number of aromatic nitrogens is 2. The van der Waals surface area contributed by atoms with E-state index in [1.54, 1.807) is 37.5 Å². The van der Waals surface area contributed by atoms with Gasteiger partial charge < -0.3 is 10.4 Å². The monoisotopic (exact) mass is 287 g/mol. The molecule has 0 radical (unpaired) electrons. The lowest BCUT2D eigenvalue weighted by Crippen LogP contribution is -2.45. The lowest BCUT2D eigenvalue weighted by molar-refractivity contribution is -0.140. The van der Waals surface area contributed by atoms with Crippen molar-refractivity contribution in [3.05, 3.63) is 36.2 Å². The van der Waals surface area contributed by atoms with Crippen molar-refractivity contribution < 1.29 is 14.7 Å². The summed E-state index contributed by atoms with van der Waals surface area (Å²) >= 11 is 0. The number of carboxylic acid groups (broad SMARTS) is 1. The van der Waals surface area contributed by atoms with E-state index < -0.39 is 17.9 Å². The number of nitrogens with one attached hydrogen (secondary N) is 1. The van der Waals surface area contributed by atoms with Crippen molar-refractivity contribution in [3.8, 4) is 0 Å². The third-order valence-electron chi connectivity index (χ3n) is 3.50. The molecule has 0 fully saturated rings. The number of hydrogen-bond acceptors (Lipinski definition) is 4. The first-order valence-corrected chi connectivity index (χ1v) is 6.77. The summed E-state index contributed by atoms with van der Waals surface area (Å²) in [5.41, 5.74) is 1.66. The molecule has 2 rings (SSSR count). The van der Waals surface area contributed by atoms with E-state index in [1.165, 1.54) is 0 Å². The van der Waals surface area contributed by atoms with Crippen molar-refractivity contribution in [2.24, 2.45) is 5.92 Å². The van der Waals surface area contributed by atoms with Crippen LogP contribution in [-0.2, 0) is 4.79 Å². The van der Waals surface area contributed by atoms with Gasteiger partial charge >= 0.3 is 5.97 Å². The van der Waals surface area contributed by atoms with Crippen molar-refractivity contribution in [2.75, 3.05) is 0 Å². The molecule has 0 aliphatic rings. The maximum absolute atomic E-state index is 12.2. The molecule has 1 aromatic heterocycles. The number of benzene rings is 1. The normalized spacial score (nSPS) is 13.6. The van der Waals surface area contributed by atoms with Crippen LogP contribution in [0.25, 0.3) is 11.0 Å². The van der Waals surface area contributed by atoms with E-state index in [2.05, 4.69) is 15.3 Å². The maximum Gasteiger partial charge on any atom is 0.326 e. The van der Waals surface area contributed by atoms with Crippen molar-refractivity contribution in [1.29, 1.82) is 0 Å². The first-order chi connectivity index (χ1) is 10.0. The zero-order valence-corrected chi connectivity index (χ0v) is 11.9. The van der Waals surface area contributed by atoms with Gasteiger partial charge in [-0.3, -0.25) is 14.8 Å². The number of hydrogen-bond donors (Lipinski definition) is 2. The van der Waals surface area contributed by atoms with E-state index in [0.717, 1.165) is 0 Å². The molecule has 1 aromatic carbocycles. The molecule has 1 heterocycles. The van der Waals surface area contributed by atoms with E-state index in [9.17, 15) is 14.7 Å². The Bertz CT molecular complexity index is 672. The predicted molar refractivity (Wildman–Crippen MR) is 77.9 cm³/mol. The van der Waals surface area contributed by atoms with Crippen LogP contribution in [0.5, 0.6) is 0 Å². The summed E-state index contributed by atoms with van der Waals surface area (Å²) in [4.78, 5) is 31.7. The van der Waals surface area contributed by atoms with Gasteiger partial charge in [-0.25, -0.2) is 4.79 Å². The molecular weight excluding hydrogens is 270 g/mol. The third-order valence-corrected chi connectivity index (χ3v) is 3.50. The number of carboxylic acids is 1. The van der Waals surface area contributed by atoms with Crippen LogP contribution in [0.3, 0.4) is 0 Å². The van der Waals surface area contributed by atoms with Gasteiger partial charge in [0.05, 0.1) is 11.0 Å². The van der Waals surface area contributed by atoms with Crippen LogP contribution < -0.4 is 5.32 Å². The number of fused-ring (bicyclic) bond motifs is 1. The zero-order chi connectivity index (χ0) is 15.4. The minimum absolute atomic E-state index is 0.147. The Labute approximate surface area is 122 Å². The molecule has 1 amide bonds. The summed E-state index contributed by atoms with van der Waals surface area (Å²) in [6.45, 7) is 3.68. The van der Waals surface area contributed by atoms with E-state index in [-0.39, 0.29) is 5.92 Å². The second kappa shape index (κ2) is 6.30. The Morgan fingerprint density at radius 1 is 1.24 bits per heavy atom. The number of amides is 1. The van der Waals surface area contributed by atoms with Crippen molar-refractivity contribution in [3.63, 3.8) is 0 Å². The van der Waals surface area contributed by atoms with Gasteiger partial charge in [-0.05, 0) is 24.1 Å². The number of rotatable bonds is 5. The highest BCUT2D eigenvalue weighted by Crippen LogP contribution is 2.13. The van der Waals surface area contributed by atoms with E-state index in [4.69, 9.17) is 0 Å². The summed E-state index contributed by atoms with van der Waals surface area (Å²) in [6.07, 6.45) is 3.79. The first-order valence-electron chi connectivity index (χ1n) is 6.77. The van der Waals surface area contributed by atoms with Crippen LogP contribution in [0.4, 0.5) is 0 Å². The molecule has 0 saturated carbocycles. The Morgan fingerprint density at radius 3 is 2.52 bits per heavy atom. The van der Waals surface area contributed by atoms with Gasteiger partial charge in [-0.1, -0.05) is 20.3 Å². The molecule has 0 aliphatic carbocycles. The van der Waals surface area contributed by atoms with Gasteiger partial charge in [-0.15, -0.1) is 0 Å². The molecule has 0 saturated heterocycles. The predicted octanol–water partition coefficient (Wildman–Crippen LogP) is 1.86. The average Bonchev–Trinajstić information content (AvgIpc) is 2.50. The Kier molecular flexibility index (Phi) is 4.47. The van der Waals surface area contributed by atoms with Gasteiger partial charge in [-0.2, -0.15) is 0 Å². The van der Waals surface area contributed by atoms with Gasteiger partial charge in [0, 0.05) is 18.0 Å². The molecule has 6 heteroatoms. The molecule has 0 spiro atoms. The summed E-state index contributed by atoms with van der Waals surface area (Å²) < 4.78 is 0. The standard InChI is InChI=1S/C15H17N3O3/c1-3-9(2)13(15(20)21)18-14(19)10-4-5-11-12(8-10)17-7-6-16-11/h4-9,13H,3H2,1-2H3,(H,18,19)(H,20,21)/t9?,13-/m0/s1. The third kappa shape index (κ3) is 3.34. The molecule has 2 N–H and O–H groups in total. The van der Waals surface area contributed by atoms with E-state index in [1.807, 2.05) is 6.92 Å². The molecule has 21 heavy (non-hydrogen) atoms. The minimum atomic E-state index is -1.03. The zero-order valence-electron chi connectivity index (χ0n) is 11.9. The number of aliphatic carboxylic acids is 1. The van der Waals surface area contributed by atoms with Crippen LogP contribution in [0.2, 0.25) is 0 Å². The minimum Gasteiger partial charge on any atom is -0.480 e. The highest BCUT2D eigenvalue weighted by Gasteiger charge is 2.25. The van der Waals surface area contributed by atoms with Crippen LogP contribution in [0, 0.1) is 5.92 Å². The molecule has 2 aromatic rings. The van der Waals surface area contributed by atoms with Gasteiger partial charge in [0.15, 0.2) is 0 Å². The Balaban J connectivity index is 2.23. The summed E-state index contributed by atoms with van der Waals surface area (Å²) in [6, 6.07) is 4.01. The fourth-order valence-corrected chi connectivity index (χ4v) is 2.01. The molecule has 2 atom stereocenters. The van der Waals surface area contributed by atoms with Crippen LogP contribution in [0.1, 0.15) is 30.6 Å². The number of carbonyl (C=O) groups is 2. The van der Waals surface area contributed by atoms with E-state index >= 15 is 0 Å². The quantitative estimate of drug-likeness (QED) is 0.875. The fourth-order valence-electron chi connectivity index (χ4n) is 2.01. The fraction of sp³-hybridized carbons (Fsp3) is 0.333. The first kappa shape index (κ1) is 14.9. The van der Waals surface area contributed by atoms with Gasteiger partial charge in [0.25, 0.3) is 5.91 Å². The highest BCUT2D eigenvalue weighted by molar-refractivity contribution is 5.99. The Hall–Kier alpha value is -2.50.